The van der Waals surface area contributed by atoms with Crippen molar-refractivity contribution in [2.75, 3.05) is 7.11 Å². The van der Waals surface area contributed by atoms with E-state index < -0.39 is 5.82 Å². The highest BCUT2D eigenvalue weighted by molar-refractivity contribution is 5.96. The van der Waals surface area contributed by atoms with Crippen LogP contribution in [0.2, 0.25) is 0 Å². The second-order valence-corrected chi connectivity index (χ2v) is 4.33. The summed E-state index contributed by atoms with van der Waals surface area (Å²) in [6.07, 6.45) is -0.0119. The third kappa shape index (κ3) is 2.65. The van der Waals surface area contributed by atoms with Gasteiger partial charge in [-0.2, -0.15) is 5.10 Å². The summed E-state index contributed by atoms with van der Waals surface area (Å²) in [5.74, 6) is -0.515. The number of carbonyl (C=O) groups excluding carboxylic acids is 1. The van der Waals surface area contributed by atoms with Gasteiger partial charge >= 0.3 is 0 Å². The van der Waals surface area contributed by atoms with Crippen molar-refractivity contribution < 1.29 is 13.9 Å². The second-order valence-electron chi connectivity index (χ2n) is 4.33. The fraction of sp³-hybridized carbons (Fsp3) is 0.286. The predicted octanol–water partition coefficient (Wildman–Crippen LogP) is 2.30. The summed E-state index contributed by atoms with van der Waals surface area (Å²) in [4.78, 5) is 12.1. The number of halogens is 1. The zero-order valence-electron chi connectivity index (χ0n) is 11.1. The van der Waals surface area contributed by atoms with Crippen molar-refractivity contribution in [3.05, 3.63) is 47.0 Å². The first-order valence-electron chi connectivity index (χ1n) is 5.88. The molecular weight excluding hydrogens is 247 g/mol. The largest absolute Gasteiger partial charge is 0.494 e. The molecule has 1 aromatic heterocycles. The molecule has 100 valence electrons. The van der Waals surface area contributed by atoms with Crippen molar-refractivity contribution >= 4 is 5.78 Å². The van der Waals surface area contributed by atoms with E-state index in [0.29, 0.717) is 11.3 Å². The summed E-state index contributed by atoms with van der Waals surface area (Å²) in [5.41, 5.74) is 1.56. The van der Waals surface area contributed by atoms with Crippen molar-refractivity contribution in [1.29, 1.82) is 0 Å². The molecular formula is C14H15FN2O2. The average Bonchev–Trinajstić information content (AvgIpc) is 2.71. The Morgan fingerprint density at radius 3 is 2.79 bits per heavy atom. The lowest BCUT2D eigenvalue weighted by Crippen LogP contribution is -2.10. The van der Waals surface area contributed by atoms with E-state index in [2.05, 4.69) is 5.10 Å². The first-order valence-corrected chi connectivity index (χ1v) is 5.88. The number of nitrogens with zero attached hydrogens (tertiary/aromatic N) is 2. The maximum Gasteiger partial charge on any atom is 0.185 e. The number of aromatic nitrogens is 2. The monoisotopic (exact) mass is 262 g/mol. The Bertz CT molecular complexity index is 620. The molecule has 0 aliphatic carbocycles. The van der Waals surface area contributed by atoms with Gasteiger partial charge in [0.15, 0.2) is 17.3 Å². The molecule has 1 aromatic carbocycles. The molecule has 0 atom stereocenters. The molecule has 2 rings (SSSR count). The van der Waals surface area contributed by atoms with Crippen LogP contribution in [0.4, 0.5) is 4.39 Å². The van der Waals surface area contributed by atoms with E-state index in [4.69, 9.17) is 4.74 Å². The minimum absolute atomic E-state index is 0.0119. The number of Topliss-reactive ketones (excluding diaryl/α,β-unsaturated/α-hetero) is 1. The van der Waals surface area contributed by atoms with E-state index in [1.54, 1.807) is 25.2 Å². The molecule has 0 amide bonds. The molecule has 0 aliphatic rings. The van der Waals surface area contributed by atoms with E-state index in [1.807, 2.05) is 6.92 Å². The van der Waals surface area contributed by atoms with Crippen LogP contribution in [-0.2, 0) is 13.5 Å². The number of carbonyl (C=O) groups is 1. The molecule has 0 aliphatic heterocycles. The number of ketones is 1. The molecule has 0 saturated carbocycles. The number of aryl methyl sites for hydroxylation is 2. The fourth-order valence-electron chi connectivity index (χ4n) is 1.99. The fourth-order valence-corrected chi connectivity index (χ4v) is 1.99. The number of benzene rings is 1. The number of ether oxygens (including phenoxy) is 1. The smallest absolute Gasteiger partial charge is 0.185 e. The first-order chi connectivity index (χ1) is 9.02. The summed E-state index contributed by atoms with van der Waals surface area (Å²) < 4.78 is 20.4. The standard InChI is InChI=1S/C14H15FN2O2/c1-9-7-11(17(2)16-9)12(18)8-10-5-4-6-13(19-3)14(10)15/h4-7H,8H2,1-3H3. The Morgan fingerprint density at radius 2 is 2.21 bits per heavy atom. The van der Waals surface area contributed by atoms with Gasteiger partial charge in [0.25, 0.3) is 0 Å². The van der Waals surface area contributed by atoms with Gasteiger partial charge in [-0.1, -0.05) is 12.1 Å². The molecule has 0 unspecified atom stereocenters. The lowest BCUT2D eigenvalue weighted by atomic mass is 10.1. The van der Waals surface area contributed by atoms with E-state index in [-0.39, 0.29) is 18.0 Å². The molecule has 0 radical (unpaired) electrons. The van der Waals surface area contributed by atoms with Gasteiger partial charge in [-0.15, -0.1) is 0 Å². The third-order valence-electron chi connectivity index (χ3n) is 2.90. The molecule has 0 N–H and O–H groups in total. The normalized spacial score (nSPS) is 10.5. The topological polar surface area (TPSA) is 44.1 Å². The number of hydrogen-bond donors (Lipinski definition) is 0. The van der Waals surface area contributed by atoms with Gasteiger partial charge in [0.05, 0.1) is 12.8 Å². The number of rotatable bonds is 4. The second kappa shape index (κ2) is 5.22. The van der Waals surface area contributed by atoms with Gasteiger partial charge in [0, 0.05) is 13.5 Å². The van der Waals surface area contributed by atoms with Gasteiger partial charge in [0.2, 0.25) is 0 Å². The summed E-state index contributed by atoms with van der Waals surface area (Å²) >= 11 is 0. The summed E-state index contributed by atoms with van der Waals surface area (Å²) in [5, 5.41) is 4.11. The highest BCUT2D eigenvalue weighted by atomic mass is 19.1. The van der Waals surface area contributed by atoms with Crippen LogP contribution in [0.3, 0.4) is 0 Å². The lowest BCUT2D eigenvalue weighted by Gasteiger charge is -2.06. The average molecular weight is 262 g/mol. The van der Waals surface area contributed by atoms with E-state index in [0.717, 1.165) is 5.69 Å². The van der Waals surface area contributed by atoms with Crippen molar-refractivity contribution in [2.24, 2.45) is 7.05 Å². The molecule has 0 bridgehead atoms. The maximum atomic E-state index is 14.0. The number of methoxy groups -OCH3 is 1. The van der Waals surface area contributed by atoms with Crippen LogP contribution >= 0.6 is 0 Å². The predicted molar refractivity (Wildman–Crippen MR) is 68.9 cm³/mol. The van der Waals surface area contributed by atoms with Gasteiger partial charge < -0.3 is 4.74 Å². The number of hydrogen-bond acceptors (Lipinski definition) is 3. The summed E-state index contributed by atoms with van der Waals surface area (Å²) in [7, 11) is 3.09. The quantitative estimate of drug-likeness (QED) is 0.794. The molecule has 0 fully saturated rings. The van der Waals surface area contributed by atoms with Crippen molar-refractivity contribution in [2.45, 2.75) is 13.3 Å². The van der Waals surface area contributed by atoms with Gasteiger partial charge in [-0.05, 0) is 24.6 Å². The van der Waals surface area contributed by atoms with E-state index >= 15 is 0 Å². The highest BCUT2D eigenvalue weighted by Crippen LogP contribution is 2.21. The van der Waals surface area contributed by atoms with Crippen LogP contribution in [0, 0.1) is 12.7 Å². The Balaban J connectivity index is 2.27. The Hall–Kier alpha value is -2.17. The molecule has 4 nitrogen and oxygen atoms in total. The van der Waals surface area contributed by atoms with Crippen LogP contribution in [0.1, 0.15) is 21.7 Å². The molecule has 19 heavy (non-hydrogen) atoms. The van der Waals surface area contributed by atoms with Gasteiger partial charge in [-0.3, -0.25) is 9.48 Å². The molecule has 5 heteroatoms. The highest BCUT2D eigenvalue weighted by Gasteiger charge is 2.16. The minimum Gasteiger partial charge on any atom is -0.494 e. The van der Waals surface area contributed by atoms with Gasteiger partial charge in [-0.25, -0.2) is 4.39 Å². The maximum absolute atomic E-state index is 14.0. The van der Waals surface area contributed by atoms with Gasteiger partial charge in [0.1, 0.15) is 5.69 Å². The summed E-state index contributed by atoms with van der Waals surface area (Å²) in [6.45, 7) is 1.81. The Labute approximate surface area is 110 Å². The zero-order valence-corrected chi connectivity index (χ0v) is 11.1. The minimum atomic E-state index is -0.489. The molecule has 2 aromatic rings. The first kappa shape index (κ1) is 13.3. The summed E-state index contributed by atoms with van der Waals surface area (Å²) in [6, 6.07) is 6.47. The van der Waals surface area contributed by atoms with Crippen molar-refractivity contribution in [3.8, 4) is 5.75 Å². The van der Waals surface area contributed by atoms with Crippen LogP contribution in [0.5, 0.6) is 5.75 Å². The Kier molecular flexibility index (Phi) is 3.64. The van der Waals surface area contributed by atoms with Crippen LogP contribution < -0.4 is 4.74 Å². The van der Waals surface area contributed by atoms with Crippen molar-refractivity contribution in [1.82, 2.24) is 9.78 Å². The SMILES string of the molecule is COc1cccc(CC(=O)c2cc(C)nn2C)c1F. The third-order valence-corrected chi connectivity index (χ3v) is 2.90. The van der Waals surface area contributed by atoms with E-state index in [1.165, 1.54) is 17.9 Å². The van der Waals surface area contributed by atoms with Crippen LogP contribution in [0.25, 0.3) is 0 Å². The molecule has 0 saturated heterocycles. The Morgan fingerprint density at radius 1 is 1.47 bits per heavy atom. The lowest BCUT2D eigenvalue weighted by molar-refractivity contribution is 0.0982. The zero-order chi connectivity index (χ0) is 14.0. The van der Waals surface area contributed by atoms with E-state index in [9.17, 15) is 9.18 Å². The van der Waals surface area contributed by atoms with Crippen molar-refractivity contribution in [3.63, 3.8) is 0 Å². The van der Waals surface area contributed by atoms with Crippen LogP contribution in [0.15, 0.2) is 24.3 Å². The van der Waals surface area contributed by atoms with Crippen LogP contribution in [-0.4, -0.2) is 22.7 Å². The molecule has 0 spiro atoms. The molecule has 1 heterocycles.